The average Bonchev–Trinajstić information content (AvgIpc) is 3.07. The van der Waals surface area contributed by atoms with Crippen molar-refractivity contribution in [3.8, 4) is 5.75 Å². The average molecular weight is 462 g/mol. The van der Waals surface area contributed by atoms with Crippen molar-refractivity contribution in [2.75, 3.05) is 0 Å². The Morgan fingerprint density at radius 2 is 2.07 bits per heavy atom. The SMILES string of the molecule is CC(C)Oc1ccc(/C=N\NC(=O)c2cc3cc([N+](=O)[O-])ccc3s2)cc1Br. The van der Waals surface area contributed by atoms with Crippen LogP contribution in [0.3, 0.4) is 0 Å². The van der Waals surface area contributed by atoms with Crippen LogP contribution in [0, 0.1) is 10.1 Å². The minimum atomic E-state index is -0.462. The van der Waals surface area contributed by atoms with Crippen LogP contribution >= 0.6 is 27.3 Å². The number of nitrogens with zero attached hydrogens (tertiary/aromatic N) is 2. The highest BCUT2D eigenvalue weighted by molar-refractivity contribution is 9.10. The quantitative estimate of drug-likeness (QED) is 0.313. The molecule has 0 aliphatic rings. The Bertz CT molecular complexity index is 1080. The summed E-state index contributed by atoms with van der Waals surface area (Å²) in [5, 5.41) is 15.5. The van der Waals surface area contributed by atoms with Gasteiger partial charge in [0.2, 0.25) is 0 Å². The minimum absolute atomic E-state index is 0.00857. The predicted octanol–water partition coefficient (Wildman–Crippen LogP) is 5.12. The molecule has 144 valence electrons. The number of nitro benzene ring substituents is 1. The van der Waals surface area contributed by atoms with E-state index in [9.17, 15) is 14.9 Å². The summed E-state index contributed by atoms with van der Waals surface area (Å²) < 4.78 is 7.24. The van der Waals surface area contributed by atoms with E-state index < -0.39 is 4.92 Å². The molecule has 0 unspecified atom stereocenters. The molecule has 1 amide bonds. The molecule has 0 radical (unpaired) electrons. The second kappa shape index (κ2) is 8.49. The summed E-state index contributed by atoms with van der Waals surface area (Å²) in [4.78, 5) is 23.1. The van der Waals surface area contributed by atoms with Gasteiger partial charge in [-0.25, -0.2) is 5.43 Å². The molecule has 28 heavy (non-hydrogen) atoms. The summed E-state index contributed by atoms with van der Waals surface area (Å²) in [6.07, 6.45) is 1.60. The number of rotatable bonds is 6. The zero-order chi connectivity index (χ0) is 20.3. The Kier molecular flexibility index (Phi) is 6.05. The van der Waals surface area contributed by atoms with Crippen LogP contribution in [-0.4, -0.2) is 23.1 Å². The minimum Gasteiger partial charge on any atom is -0.490 e. The first-order valence-corrected chi connectivity index (χ1v) is 9.92. The summed E-state index contributed by atoms with van der Waals surface area (Å²) in [6.45, 7) is 3.90. The van der Waals surface area contributed by atoms with Crippen molar-refractivity contribution in [3.63, 3.8) is 0 Å². The van der Waals surface area contributed by atoms with Gasteiger partial charge >= 0.3 is 0 Å². The Morgan fingerprint density at radius 3 is 2.75 bits per heavy atom. The lowest BCUT2D eigenvalue weighted by molar-refractivity contribution is -0.384. The molecule has 0 atom stereocenters. The van der Waals surface area contributed by atoms with E-state index in [1.54, 1.807) is 12.1 Å². The van der Waals surface area contributed by atoms with Gasteiger partial charge < -0.3 is 4.74 Å². The molecular formula is C19H16BrN3O4S. The van der Waals surface area contributed by atoms with E-state index in [1.807, 2.05) is 32.0 Å². The maximum atomic E-state index is 12.3. The van der Waals surface area contributed by atoms with Crippen molar-refractivity contribution in [3.05, 3.63) is 67.5 Å². The number of nitro groups is 1. The molecule has 0 spiro atoms. The molecule has 3 aromatic rings. The van der Waals surface area contributed by atoms with Gasteiger partial charge in [-0.15, -0.1) is 11.3 Å². The Hall–Kier alpha value is -2.78. The molecule has 9 heteroatoms. The number of fused-ring (bicyclic) bond motifs is 1. The van der Waals surface area contributed by atoms with Crippen molar-refractivity contribution in [2.45, 2.75) is 20.0 Å². The summed E-state index contributed by atoms with van der Waals surface area (Å²) in [5.41, 5.74) is 3.25. The molecule has 1 N–H and O–H groups in total. The molecule has 2 aromatic carbocycles. The van der Waals surface area contributed by atoms with Gasteiger partial charge in [-0.3, -0.25) is 14.9 Å². The van der Waals surface area contributed by atoms with E-state index in [-0.39, 0.29) is 17.7 Å². The van der Waals surface area contributed by atoms with Crippen molar-refractivity contribution in [2.24, 2.45) is 5.10 Å². The number of ether oxygens (including phenoxy) is 1. The Morgan fingerprint density at radius 1 is 1.29 bits per heavy atom. The van der Waals surface area contributed by atoms with E-state index in [1.165, 1.54) is 29.7 Å². The molecule has 0 aliphatic heterocycles. The number of benzene rings is 2. The Balaban J connectivity index is 1.69. The largest absolute Gasteiger partial charge is 0.490 e. The second-order valence-corrected chi connectivity index (χ2v) is 8.08. The van der Waals surface area contributed by atoms with Crippen LogP contribution in [-0.2, 0) is 0 Å². The van der Waals surface area contributed by atoms with Crippen molar-refractivity contribution < 1.29 is 14.5 Å². The molecule has 0 fully saturated rings. The number of carbonyl (C=O) groups is 1. The highest BCUT2D eigenvalue weighted by Crippen LogP contribution is 2.29. The molecule has 0 saturated heterocycles. The molecular weight excluding hydrogens is 446 g/mol. The van der Waals surface area contributed by atoms with Crippen LogP contribution in [0.2, 0.25) is 0 Å². The lowest BCUT2D eigenvalue weighted by Crippen LogP contribution is -2.16. The summed E-state index contributed by atoms with van der Waals surface area (Å²) >= 11 is 4.70. The first-order valence-electron chi connectivity index (χ1n) is 8.31. The normalized spacial score (nSPS) is 11.3. The van der Waals surface area contributed by atoms with Crippen molar-refractivity contribution in [1.82, 2.24) is 5.43 Å². The van der Waals surface area contributed by atoms with Gasteiger partial charge in [-0.05, 0) is 65.7 Å². The number of hydrogen-bond donors (Lipinski definition) is 1. The monoisotopic (exact) mass is 461 g/mol. The predicted molar refractivity (Wildman–Crippen MR) is 113 cm³/mol. The van der Waals surface area contributed by atoms with E-state index in [0.29, 0.717) is 10.3 Å². The first-order chi connectivity index (χ1) is 13.3. The number of amides is 1. The van der Waals surface area contributed by atoms with Gasteiger partial charge in [0.25, 0.3) is 11.6 Å². The molecule has 1 heterocycles. The van der Waals surface area contributed by atoms with E-state index in [2.05, 4.69) is 26.5 Å². The fraction of sp³-hybridized carbons (Fsp3) is 0.158. The third kappa shape index (κ3) is 4.73. The smallest absolute Gasteiger partial charge is 0.281 e. The zero-order valence-corrected chi connectivity index (χ0v) is 17.4. The van der Waals surface area contributed by atoms with Crippen molar-refractivity contribution in [1.29, 1.82) is 0 Å². The highest BCUT2D eigenvalue weighted by Gasteiger charge is 2.13. The molecule has 1 aromatic heterocycles. The number of non-ortho nitro benzene ring substituents is 1. The van der Waals surface area contributed by atoms with Crippen LogP contribution in [0.5, 0.6) is 5.75 Å². The molecule has 0 saturated carbocycles. The van der Waals surface area contributed by atoms with Gasteiger partial charge in [0.05, 0.1) is 26.6 Å². The molecule has 0 bridgehead atoms. The van der Waals surface area contributed by atoms with Gasteiger partial charge in [0.15, 0.2) is 0 Å². The summed E-state index contributed by atoms with van der Waals surface area (Å²) in [5.74, 6) is 0.356. The number of hydrazone groups is 1. The summed E-state index contributed by atoms with van der Waals surface area (Å²) in [7, 11) is 0. The third-order valence-electron chi connectivity index (χ3n) is 3.63. The Labute approximate surface area is 173 Å². The highest BCUT2D eigenvalue weighted by atomic mass is 79.9. The maximum absolute atomic E-state index is 12.3. The van der Waals surface area contributed by atoms with E-state index >= 15 is 0 Å². The van der Waals surface area contributed by atoms with Gasteiger partial charge in [0, 0.05) is 22.2 Å². The second-order valence-electron chi connectivity index (χ2n) is 6.15. The third-order valence-corrected chi connectivity index (χ3v) is 5.37. The number of halogens is 1. The lowest BCUT2D eigenvalue weighted by atomic mass is 10.2. The fourth-order valence-corrected chi connectivity index (χ4v) is 3.85. The number of carbonyl (C=O) groups excluding carboxylic acids is 1. The number of nitrogens with one attached hydrogen (secondary N) is 1. The molecule has 7 nitrogen and oxygen atoms in total. The van der Waals surface area contributed by atoms with Gasteiger partial charge in [0.1, 0.15) is 5.75 Å². The van der Waals surface area contributed by atoms with Gasteiger partial charge in [-0.2, -0.15) is 5.10 Å². The number of thiophene rings is 1. The number of hydrogen-bond acceptors (Lipinski definition) is 6. The van der Waals surface area contributed by atoms with E-state index in [4.69, 9.17) is 4.74 Å². The summed E-state index contributed by atoms with van der Waals surface area (Å²) in [6, 6.07) is 11.6. The topological polar surface area (TPSA) is 93.8 Å². The standard InChI is InChI=1S/C19H16BrN3O4S/c1-11(2)27-16-5-3-12(7-15(16)20)10-21-22-19(24)18-9-13-8-14(23(25)26)4-6-17(13)28-18/h3-11H,1-2H3,(H,22,24)/b21-10-. The lowest BCUT2D eigenvalue weighted by Gasteiger charge is -2.11. The van der Waals surface area contributed by atoms with Crippen LogP contribution in [0.15, 0.2) is 52.0 Å². The molecule has 0 aliphatic carbocycles. The first kappa shape index (κ1) is 20.0. The van der Waals surface area contributed by atoms with E-state index in [0.717, 1.165) is 20.5 Å². The van der Waals surface area contributed by atoms with Gasteiger partial charge in [-0.1, -0.05) is 0 Å². The zero-order valence-electron chi connectivity index (χ0n) is 15.0. The van der Waals surface area contributed by atoms with Crippen LogP contribution < -0.4 is 10.2 Å². The van der Waals surface area contributed by atoms with Crippen molar-refractivity contribution >= 4 is 55.2 Å². The maximum Gasteiger partial charge on any atom is 0.281 e. The van der Waals surface area contributed by atoms with Crippen LogP contribution in [0.4, 0.5) is 5.69 Å². The van der Waals surface area contributed by atoms with Crippen LogP contribution in [0.1, 0.15) is 29.1 Å². The fourth-order valence-electron chi connectivity index (χ4n) is 2.42. The molecule has 3 rings (SSSR count). The van der Waals surface area contributed by atoms with Crippen LogP contribution in [0.25, 0.3) is 10.1 Å².